The SMILES string of the molecule is Cc1ccc(F)cc1-c1nnc(CCCNC(C)(C)C)s1. The lowest BCUT2D eigenvalue weighted by Crippen LogP contribution is -2.36. The van der Waals surface area contributed by atoms with Crippen molar-refractivity contribution in [1.82, 2.24) is 15.5 Å². The van der Waals surface area contributed by atoms with Gasteiger partial charge in [0.2, 0.25) is 0 Å². The molecule has 2 aromatic rings. The summed E-state index contributed by atoms with van der Waals surface area (Å²) in [6, 6.07) is 4.78. The van der Waals surface area contributed by atoms with Crippen molar-refractivity contribution >= 4 is 11.3 Å². The Balaban J connectivity index is 1.97. The molecule has 3 nitrogen and oxygen atoms in total. The molecule has 2 rings (SSSR count). The Morgan fingerprint density at radius 1 is 1.24 bits per heavy atom. The third-order valence-electron chi connectivity index (χ3n) is 3.12. The van der Waals surface area contributed by atoms with Crippen molar-refractivity contribution in [2.24, 2.45) is 0 Å². The molecule has 0 spiro atoms. The lowest BCUT2D eigenvalue weighted by molar-refractivity contribution is 0.422. The van der Waals surface area contributed by atoms with Crippen molar-refractivity contribution in [1.29, 1.82) is 0 Å². The highest BCUT2D eigenvalue weighted by Gasteiger charge is 2.11. The Bertz CT molecular complexity index is 602. The molecule has 114 valence electrons. The van der Waals surface area contributed by atoms with E-state index in [1.165, 1.54) is 12.1 Å². The summed E-state index contributed by atoms with van der Waals surface area (Å²) in [7, 11) is 0. The fourth-order valence-electron chi connectivity index (χ4n) is 1.99. The van der Waals surface area contributed by atoms with Crippen LogP contribution in [0.25, 0.3) is 10.6 Å². The van der Waals surface area contributed by atoms with Gasteiger partial charge in [-0.2, -0.15) is 0 Å². The molecule has 1 aromatic heterocycles. The smallest absolute Gasteiger partial charge is 0.148 e. The minimum atomic E-state index is -0.235. The van der Waals surface area contributed by atoms with Gasteiger partial charge in [-0.15, -0.1) is 10.2 Å². The van der Waals surface area contributed by atoms with Crippen LogP contribution in [0, 0.1) is 12.7 Å². The van der Waals surface area contributed by atoms with Gasteiger partial charge in [0.25, 0.3) is 0 Å². The number of benzene rings is 1. The Kier molecular flexibility index (Phi) is 5.06. The van der Waals surface area contributed by atoms with E-state index in [1.54, 1.807) is 17.4 Å². The molecule has 21 heavy (non-hydrogen) atoms. The average molecular weight is 307 g/mol. The first-order valence-corrected chi connectivity index (χ1v) is 8.01. The molecule has 0 amide bonds. The van der Waals surface area contributed by atoms with Crippen LogP contribution in [-0.4, -0.2) is 22.3 Å². The van der Waals surface area contributed by atoms with E-state index in [9.17, 15) is 4.39 Å². The second kappa shape index (κ2) is 6.62. The molecular weight excluding hydrogens is 285 g/mol. The van der Waals surface area contributed by atoms with Gasteiger partial charge in [0.1, 0.15) is 15.8 Å². The van der Waals surface area contributed by atoms with E-state index >= 15 is 0 Å². The van der Waals surface area contributed by atoms with Gasteiger partial charge < -0.3 is 5.32 Å². The van der Waals surface area contributed by atoms with Gasteiger partial charge in [0, 0.05) is 17.5 Å². The molecule has 0 unspecified atom stereocenters. The number of halogens is 1. The van der Waals surface area contributed by atoms with Crippen molar-refractivity contribution in [3.8, 4) is 10.6 Å². The van der Waals surface area contributed by atoms with Gasteiger partial charge in [0.15, 0.2) is 0 Å². The molecule has 0 saturated heterocycles. The number of hydrogen-bond donors (Lipinski definition) is 1. The summed E-state index contributed by atoms with van der Waals surface area (Å²) in [4.78, 5) is 0. The lowest BCUT2D eigenvalue weighted by atomic mass is 10.1. The molecule has 1 N–H and O–H groups in total. The number of rotatable bonds is 5. The monoisotopic (exact) mass is 307 g/mol. The Morgan fingerprint density at radius 3 is 2.71 bits per heavy atom. The summed E-state index contributed by atoms with van der Waals surface area (Å²) in [5.41, 5.74) is 2.00. The molecule has 0 aliphatic heterocycles. The van der Waals surface area contributed by atoms with Crippen molar-refractivity contribution in [2.75, 3.05) is 6.54 Å². The predicted molar refractivity (Wildman–Crippen MR) is 86.1 cm³/mol. The number of nitrogens with zero attached hydrogens (tertiary/aromatic N) is 2. The minimum Gasteiger partial charge on any atom is -0.312 e. The van der Waals surface area contributed by atoms with Crippen LogP contribution >= 0.6 is 11.3 Å². The third kappa shape index (κ3) is 4.86. The van der Waals surface area contributed by atoms with Crippen LogP contribution in [0.2, 0.25) is 0 Å². The second-order valence-corrected chi connectivity index (χ2v) is 7.30. The Morgan fingerprint density at radius 2 is 2.00 bits per heavy atom. The summed E-state index contributed by atoms with van der Waals surface area (Å²) in [5, 5.41) is 13.7. The van der Waals surface area contributed by atoms with Crippen LogP contribution in [0.4, 0.5) is 4.39 Å². The quantitative estimate of drug-likeness (QED) is 0.849. The van der Waals surface area contributed by atoms with Gasteiger partial charge in [0.05, 0.1) is 0 Å². The normalized spacial score (nSPS) is 11.9. The third-order valence-corrected chi connectivity index (χ3v) is 4.14. The molecule has 0 bridgehead atoms. The van der Waals surface area contributed by atoms with Crippen LogP contribution in [0.5, 0.6) is 0 Å². The maximum absolute atomic E-state index is 13.3. The zero-order valence-electron chi connectivity index (χ0n) is 13.0. The van der Waals surface area contributed by atoms with E-state index in [2.05, 4.69) is 36.3 Å². The van der Waals surface area contributed by atoms with Gasteiger partial charge in [-0.05, 0) is 58.4 Å². The summed E-state index contributed by atoms with van der Waals surface area (Å²) in [6.07, 6.45) is 1.92. The summed E-state index contributed by atoms with van der Waals surface area (Å²) in [6.45, 7) is 9.38. The largest absolute Gasteiger partial charge is 0.312 e. The highest BCUT2D eigenvalue weighted by molar-refractivity contribution is 7.14. The van der Waals surface area contributed by atoms with Crippen LogP contribution in [0.3, 0.4) is 0 Å². The summed E-state index contributed by atoms with van der Waals surface area (Å²) >= 11 is 1.55. The second-order valence-electron chi connectivity index (χ2n) is 6.24. The molecule has 0 radical (unpaired) electrons. The van der Waals surface area contributed by atoms with E-state index < -0.39 is 0 Å². The highest BCUT2D eigenvalue weighted by atomic mass is 32.1. The number of hydrogen-bond acceptors (Lipinski definition) is 4. The number of aryl methyl sites for hydroxylation is 2. The predicted octanol–water partition coefficient (Wildman–Crippen LogP) is 3.97. The zero-order valence-corrected chi connectivity index (χ0v) is 13.9. The van der Waals surface area contributed by atoms with Crippen molar-refractivity contribution < 1.29 is 4.39 Å². The lowest BCUT2D eigenvalue weighted by Gasteiger charge is -2.20. The van der Waals surface area contributed by atoms with E-state index in [-0.39, 0.29) is 11.4 Å². The van der Waals surface area contributed by atoms with E-state index in [4.69, 9.17) is 0 Å². The molecule has 0 atom stereocenters. The van der Waals surface area contributed by atoms with Crippen molar-refractivity contribution in [3.63, 3.8) is 0 Å². The van der Waals surface area contributed by atoms with Gasteiger partial charge >= 0.3 is 0 Å². The topological polar surface area (TPSA) is 37.8 Å². The van der Waals surface area contributed by atoms with E-state index in [1.807, 2.05) is 6.92 Å². The maximum Gasteiger partial charge on any atom is 0.148 e. The van der Waals surface area contributed by atoms with Crippen LogP contribution in [0.1, 0.15) is 37.8 Å². The average Bonchev–Trinajstić information content (AvgIpc) is 2.85. The summed E-state index contributed by atoms with van der Waals surface area (Å²) < 4.78 is 13.3. The Labute approximate surface area is 129 Å². The molecule has 0 fully saturated rings. The summed E-state index contributed by atoms with van der Waals surface area (Å²) in [5.74, 6) is -0.235. The minimum absolute atomic E-state index is 0.144. The molecule has 0 aliphatic rings. The maximum atomic E-state index is 13.3. The standard InChI is InChI=1S/C16H22FN3S/c1-11-7-8-12(17)10-13(11)15-20-19-14(21-15)6-5-9-18-16(2,3)4/h7-8,10,18H,5-6,9H2,1-4H3. The highest BCUT2D eigenvalue weighted by Crippen LogP contribution is 2.27. The van der Waals surface area contributed by atoms with E-state index in [0.29, 0.717) is 0 Å². The Hall–Kier alpha value is -1.33. The van der Waals surface area contributed by atoms with Gasteiger partial charge in [-0.25, -0.2) is 4.39 Å². The first-order valence-electron chi connectivity index (χ1n) is 7.19. The van der Waals surface area contributed by atoms with Crippen molar-refractivity contribution in [2.45, 2.75) is 46.1 Å². The molecule has 0 aliphatic carbocycles. The van der Waals surface area contributed by atoms with E-state index in [0.717, 1.165) is 40.5 Å². The van der Waals surface area contributed by atoms with Crippen LogP contribution in [0.15, 0.2) is 18.2 Å². The molecule has 0 saturated carbocycles. The van der Waals surface area contributed by atoms with Gasteiger partial charge in [-0.3, -0.25) is 0 Å². The number of aromatic nitrogens is 2. The molecular formula is C16H22FN3S. The zero-order chi connectivity index (χ0) is 15.5. The first kappa shape index (κ1) is 16.0. The fourth-order valence-corrected chi connectivity index (χ4v) is 2.95. The van der Waals surface area contributed by atoms with Crippen molar-refractivity contribution in [3.05, 3.63) is 34.6 Å². The fraction of sp³-hybridized carbons (Fsp3) is 0.500. The molecule has 1 aromatic carbocycles. The number of nitrogens with one attached hydrogen (secondary N) is 1. The molecule has 5 heteroatoms. The molecule has 1 heterocycles. The van der Waals surface area contributed by atoms with Crippen LogP contribution in [-0.2, 0) is 6.42 Å². The van der Waals surface area contributed by atoms with Gasteiger partial charge in [-0.1, -0.05) is 17.4 Å². The first-order chi connectivity index (χ1) is 9.85. The van der Waals surface area contributed by atoms with Crippen LogP contribution < -0.4 is 5.32 Å².